The lowest BCUT2D eigenvalue weighted by molar-refractivity contribution is 0.0369. The van der Waals surface area contributed by atoms with Crippen LogP contribution in [-0.2, 0) is 53.5 Å². The molecule has 0 aromatic heterocycles. The summed E-state index contributed by atoms with van der Waals surface area (Å²) in [7, 11) is -38.4. The van der Waals surface area contributed by atoms with Gasteiger partial charge >= 0.3 is 43.3 Å². The average Bonchev–Trinajstić information content (AvgIpc) is 0.806. The third-order valence-electron chi connectivity index (χ3n) is 16.4. The van der Waals surface area contributed by atoms with Gasteiger partial charge < -0.3 is 84.1 Å². The molecular formula is C71H186O19Si19. The molecular weight excluding hydrogens is 1690 g/mol. The maximum atomic E-state index is 10.7. The van der Waals surface area contributed by atoms with E-state index in [1.165, 1.54) is 0 Å². The highest BCUT2D eigenvalue weighted by atomic mass is 28.5. The van der Waals surface area contributed by atoms with Gasteiger partial charge in [0, 0.05) is 28.3 Å². The molecule has 38 heteroatoms. The van der Waals surface area contributed by atoms with Gasteiger partial charge in [-0.25, -0.2) is 0 Å². The first kappa shape index (κ1) is 117. The fourth-order valence-electron chi connectivity index (χ4n) is 14.4. The molecule has 0 atom stereocenters. The first-order valence-corrected chi connectivity index (χ1v) is 100. The van der Waals surface area contributed by atoms with Crippen molar-refractivity contribution in [2.75, 3.05) is 39.6 Å². The highest BCUT2D eigenvalue weighted by Crippen LogP contribution is 2.41. The molecule has 19 nitrogen and oxygen atoms in total. The summed E-state index contributed by atoms with van der Waals surface area (Å²) in [6, 6.07) is 5.18. The molecule has 0 rings (SSSR count). The van der Waals surface area contributed by atoms with Crippen LogP contribution in [0.5, 0.6) is 0 Å². The molecule has 0 heterocycles. The number of aliphatic hydroxyl groups excluding tert-OH is 6. The Morgan fingerprint density at radius 1 is 0.165 bits per heavy atom. The molecule has 0 fully saturated rings. The third-order valence-corrected chi connectivity index (χ3v) is 75.5. The molecule has 0 unspecified atom stereocenters. The monoisotopic (exact) mass is 1870 g/mol. The van der Waals surface area contributed by atoms with E-state index in [0.29, 0.717) is 24.9 Å². The van der Waals surface area contributed by atoms with E-state index in [2.05, 4.69) is 288 Å². The van der Waals surface area contributed by atoms with Crippen LogP contribution in [0.1, 0.15) is 77.0 Å². The third kappa shape index (κ3) is 61.3. The first-order valence-electron chi connectivity index (χ1n) is 41.6. The van der Waals surface area contributed by atoms with Crippen LogP contribution in [0.3, 0.4) is 0 Å². The second-order valence-corrected chi connectivity index (χ2v) is 127. The van der Waals surface area contributed by atoms with Crippen molar-refractivity contribution in [2.24, 2.45) is 16.2 Å². The van der Waals surface area contributed by atoms with E-state index < -0.39 is 176 Å². The van der Waals surface area contributed by atoms with Gasteiger partial charge in [0.2, 0.25) is 0 Å². The largest absolute Gasteiger partial charge is 0.469 e. The van der Waals surface area contributed by atoms with E-state index in [1.54, 1.807) is 0 Å². The lowest BCUT2D eigenvalue weighted by Crippen LogP contribution is -2.60. The summed E-state index contributed by atoms with van der Waals surface area (Å²) in [6.45, 7) is 97.5. The molecule has 0 amide bonds. The lowest BCUT2D eigenvalue weighted by Gasteiger charge is -2.44. The van der Waals surface area contributed by atoms with Crippen molar-refractivity contribution in [2.45, 2.75) is 401 Å². The standard InChI is InChI=1S/C27H72O8Si8.C23H60O6Si6.C21H54O5Si5/c1-36(2,3)30-42(31-37(4,5)6,32-38(7,8)9)23-19-21-27(25-28,26-29)22-20-24-43(33-39(10,11)12,34-40(13,14)15)35-41(16,17)18;1-30(2,3)26-34(13,27-31(4,5)6)19-15-17-23(21-24,22-25)18-16-20-35(14,28-32(7,8)9)29-33(10,11)12;1-27(2,3)24-30(10,11)17-13-15-21(19-22,20-23)16-14-18-31(12,25-28(4,5)6)26-29(7,8)9/h28-29H,19-26H2,1-18H3;24-25H,15-22H2,1-14H3;22-23H,13-20H2,1-12H3. The van der Waals surface area contributed by atoms with E-state index in [4.69, 9.17) is 53.5 Å². The van der Waals surface area contributed by atoms with Crippen molar-refractivity contribution in [3.05, 3.63) is 0 Å². The quantitative estimate of drug-likeness (QED) is 0.0310. The van der Waals surface area contributed by atoms with Gasteiger partial charge in [0.25, 0.3) is 0 Å². The van der Waals surface area contributed by atoms with E-state index >= 15 is 0 Å². The number of aliphatic hydroxyl groups is 6. The number of hydrogen-bond donors (Lipinski definition) is 6. The molecule has 0 aromatic rings. The van der Waals surface area contributed by atoms with Gasteiger partial charge in [0.15, 0.2) is 116 Å². The minimum Gasteiger partial charge on any atom is -0.456 e. The Labute approximate surface area is 695 Å². The van der Waals surface area contributed by atoms with Crippen molar-refractivity contribution in [1.29, 1.82) is 0 Å². The summed E-state index contributed by atoms with van der Waals surface area (Å²) in [5, 5.41) is 62.4. The Kier molecular flexibility index (Phi) is 48.8. The zero-order chi connectivity index (χ0) is 87.2. The second-order valence-electron chi connectivity index (χ2n) is 45.9. The smallest absolute Gasteiger partial charge is 0.456 e. The average molecular weight is 1880 g/mol. The second kappa shape index (κ2) is 45.7. The topological polar surface area (TPSA) is 241 Å². The Bertz CT molecular complexity index is 2240. The van der Waals surface area contributed by atoms with E-state index in [9.17, 15) is 30.6 Å². The van der Waals surface area contributed by atoms with Gasteiger partial charge in [-0.1, -0.05) is 25.7 Å². The lowest BCUT2D eigenvalue weighted by atomic mass is 9.81. The zero-order valence-electron chi connectivity index (χ0n) is 80.0. The normalized spacial score (nSPS) is 15.1. The molecule has 0 aliphatic carbocycles. The molecule has 0 bridgehead atoms. The molecule has 0 aliphatic heterocycles. The van der Waals surface area contributed by atoms with Crippen molar-refractivity contribution in [3.8, 4) is 0 Å². The summed E-state index contributed by atoms with van der Waals surface area (Å²) >= 11 is 0. The fourth-order valence-corrected chi connectivity index (χ4v) is 89.4. The summed E-state index contributed by atoms with van der Waals surface area (Å²) < 4.78 is 87.5. The maximum Gasteiger partial charge on any atom is 0.469 e. The van der Waals surface area contributed by atoms with E-state index in [0.717, 1.165) is 88.4 Å². The van der Waals surface area contributed by atoms with Crippen molar-refractivity contribution < 1.29 is 84.1 Å². The highest BCUT2D eigenvalue weighted by Gasteiger charge is 2.53. The Balaban J connectivity index is -0.00000157. The summed E-state index contributed by atoms with van der Waals surface area (Å²) in [6.07, 6.45) is 9.76. The van der Waals surface area contributed by atoms with E-state index in [1.807, 2.05) is 0 Å². The van der Waals surface area contributed by atoms with Gasteiger partial charge in [-0.3, -0.25) is 0 Å². The Morgan fingerprint density at radius 2 is 0.294 bits per heavy atom. The minimum atomic E-state index is -2.99. The predicted octanol–water partition coefficient (Wildman–Crippen LogP) is 21.9. The first-order chi connectivity index (χ1) is 47.8. The summed E-state index contributed by atoms with van der Waals surface area (Å²) in [5.41, 5.74) is -1.52. The Morgan fingerprint density at radius 3 is 0.422 bits per heavy atom. The van der Waals surface area contributed by atoms with Crippen molar-refractivity contribution in [1.82, 2.24) is 0 Å². The number of rotatable bonds is 56. The van der Waals surface area contributed by atoms with Crippen LogP contribution in [0.15, 0.2) is 0 Å². The van der Waals surface area contributed by atoms with Crippen LogP contribution in [0.4, 0.5) is 0 Å². The predicted molar refractivity (Wildman–Crippen MR) is 516 cm³/mol. The molecule has 0 spiro atoms. The van der Waals surface area contributed by atoms with Crippen LogP contribution < -0.4 is 0 Å². The minimum absolute atomic E-state index is 0.00640. The van der Waals surface area contributed by atoms with Gasteiger partial charge in [-0.2, -0.15) is 0 Å². The molecule has 0 aliphatic rings. The molecule has 109 heavy (non-hydrogen) atoms. The van der Waals surface area contributed by atoms with Crippen LogP contribution in [0, 0.1) is 16.2 Å². The Hall–Kier alpha value is 3.36. The molecule has 660 valence electrons. The maximum absolute atomic E-state index is 10.7. The SMILES string of the molecule is C[Si](C)(C)O[Si](C)(C)CCCC(CO)(CO)CCC[Si](C)(O[Si](C)(C)C)O[Si](C)(C)C.C[Si](C)(C)O[Si](C)(CCCC(CO)(CO)CCC[Si](C)(O[Si](C)(C)C)O[Si](C)(C)C)O[Si](C)(C)C.C[Si](C)(C)O[Si](CCCC(CO)(CO)CCC[Si](O[Si](C)(C)C)(O[Si](C)(C)C)O[Si](C)(C)C)(O[Si](C)(C)C)O[Si](C)(C)C. The zero-order valence-corrected chi connectivity index (χ0v) is 99.0. The van der Waals surface area contributed by atoms with Crippen molar-refractivity contribution >= 4 is 160 Å². The van der Waals surface area contributed by atoms with Crippen LogP contribution in [-0.4, -0.2) is 230 Å². The van der Waals surface area contributed by atoms with E-state index in [-0.39, 0.29) is 39.6 Å². The van der Waals surface area contributed by atoms with Crippen molar-refractivity contribution in [3.63, 3.8) is 0 Å². The molecule has 0 saturated carbocycles. The van der Waals surface area contributed by atoms with Gasteiger partial charge in [0.1, 0.15) is 0 Å². The molecule has 0 radical (unpaired) electrons. The van der Waals surface area contributed by atoms with Gasteiger partial charge in [-0.05, 0) is 364 Å². The molecule has 0 aromatic carbocycles. The highest BCUT2D eigenvalue weighted by molar-refractivity contribution is 6.93. The van der Waals surface area contributed by atoms with Crippen LogP contribution in [0.25, 0.3) is 0 Å². The van der Waals surface area contributed by atoms with Crippen LogP contribution in [0.2, 0.25) is 324 Å². The van der Waals surface area contributed by atoms with Gasteiger partial charge in [-0.15, -0.1) is 0 Å². The van der Waals surface area contributed by atoms with Crippen LogP contribution >= 0.6 is 0 Å². The summed E-state index contributed by atoms with van der Waals surface area (Å²) in [5.74, 6) is 0. The number of hydrogen-bond acceptors (Lipinski definition) is 19. The fraction of sp³-hybridized carbons (Fsp3) is 1.00. The van der Waals surface area contributed by atoms with Gasteiger partial charge in [0.05, 0.1) is 39.6 Å². The molecule has 6 N–H and O–H groups in total. The summed E-state index contributed by atoms with van der Waals surface area (Å²) in [4.78, 5) is 0. The molecule has 0 saturated heterocycles.